The fraction of sp³-hybridized carbons (Fsp3) is 0.154. The molecule has 0 saturated carbocycles. The van der Waals surface area contributed by atoms with Crippen molar-refractivity contribution in [2.24, 2.45) is 0 Å². The van der Waals surface area contributed by atoms with Crippen LogP contribution in [0.5, 0.6) is 0 Å². The molecular weight excluding hydrogens is 268 g/mol. The molecule has 94 valence electrons. The fourth-order valence-electron chi connectivity index (χ4n) is 1.62. The van der Waals surface area contributed by atoms with Crippen LogP contribution in [0.25, 0.3) is 0 Å². The Morgan fingerprint density at radius 1 is 1.33 bits per heavy atom. The Morgan fingerprint density at radius 2 is 2.06 bits per heavy atom. The number of amides is 1. The molecule has 0 aliphatic heterocycles. The molecule has 2 rings (SSSR count). The number of hydrogen-bond donors (Lipinski definition) is 2. The molecule has 5 heteroatoms. The van der Waals surface area contributed by atoms with E-state index in [1.165, 1.54) is 11.3 Å². The van der Waals surface area contributed by atoms with Gasteiger partial charge in [-0.1, -0.05) is 11.6 Å². The van der Waals surface area contributed by atoms with Crippen LogP contribution in [-0.2, 0) is 0 Å². The molecule has 0 aliphatic carbocycles. The highest BCUT2D eigenvalue weighted by molar-refractivity contribution is 7.12. The van der Waals surface area contributed by atoms with Gasteiger partial charge in [0, 0.05) is 5.69 Å². The summed E-state index contributed by atoms with van der Waals surface area (Å²) in [6, 6.07) is 5.34. The minimum Gasteiger partial charge on any atom is -0.398 e. The highest BCUT2D eigenvalue weighted by atomic mass is 35.5. The van der Waals surface area contributed by atoms with Crippen LogP contribution in [0, 0.1) is 13.8 Å². The first-order valence-corrected chi connectivity index (χ1v) is 6.66. The second-order valence-electron chi connectivity index (χ2n) is 4.08. The summed E-state index contributed by atoms with van der Waals surface area (Å²) in [5.74, 6) is -0.119. The van der Waals surface area contributed by atoms with Crippen molar-refractivity contribution in [2.75, 3.05) is 11.1 Å². The second kappa shape index (κ2) is 5.00. The molecule has 1 amide bonds. The third kappa shape index (κ3) is 2.49. The van der Waals surface area contributed by atoms with E-state index in [1.807, 2.05) is 25.3 Å². The first-order chi connectivity index (χ1) is 8.49. The molecule has 1 aromatic carbocycles. The Balaban J connectivity index is 2.28. The molecular formula is C13H13ClN2OS. The lowest BCUT2D eigenvalue weighted by Gasteiger charge is -2.10. The maximum Gasteiger partial charge on any atom is 0.266 e. The van der Waals surface area contributed by atoms with Crippen LogP contribution in [0.15, 0.2) is 23.6 Å². The molecule has 0 fully saturated rings. The number of nitrogens with one attached hydrogen (secondary N) is 1. The van der Waals surface area contributed by atoms with E-state index in [9.17, 15) is 4.79 Å². The van der Waals surface area contributed by atoms with E-state index < -0.39 is 0 Å². The number of carbonyl (C=O) groups excluding carboxylic acids is 1. The van der Waals surface area contributed by atoms with Crippen LogP contribution < -0.4 is 11.1 Å². The molecule has 1 heterocycles. The first kappa shape index (κ1) is 12.9. The minimum atomic E-state index is -0.119. The number of aryl methyl sites for hydroxylation is 2. The van der Waals surface area contributed by atoms with Crippen LogP contribution >= 0.6 is 22.9 Å². The maximum absolute atomic E-state index is 12.1. The van der Waals surface area contributed by atoms with Gasteiger partial charge in [-0.25, -0.2) is 0 Å². The zero-order valence-corrected chi connectivity index (χ0v) is 11.7. The number of halogens is 1. The predicted octanol–water partition coefficient (Wildman–Crippen LogP) is 3.85. The summed E-state index contributed by atoms with van der Waals surface area (Å²) in [6.45, 7) is 3.79. The summed E-state index contributed by atoms with van der Waals surface area (Å²) >= 11 is 7.37. The molecule has 18 heavy (non-hydrogen) atoms. The number of thiophene rings is 1. The number of carbonyl (C=O) groups is 1. The number of nitrogens with two attached hydrogens (primary N) is 1. The second-order valence-corrected chi connectivity index (χ2v) is 5.40. The number of benzene rings is 1. The summed E-state index contributed by atoms with van der Waals surface area (Å²) in [7, 11) is 0. The van der Waals surface area contributed by atoms with E-state index in [4.69, 9.17) is 17.3 Å². The molecule has 1 aromatic heterocycles. The van der Waals surface area contributed by atoms with Gasteiger partial charge in [-0.05, 0) is 48.6 Å². The standard InChI is InChI=1S/C13H13ClN2OS/c1-7-3-4-18-12(7)13(17)16-11-6-9(14)10(15)5-8(11)2/h3-6H,15H2,1-2H3,(H,16,17). The molecule has 3 N–H and O–H groups in total. The Morgan fingerprint density at radius 3 is 2.67 bits per heavy atom. The molecule has 0 atom stereocenters. The smallest absolute Gasteiger partial charge is 0.266 e. The van der Waals surface area contributed by atoms with Gasteiger partial charge >= 0.3 is 0 Å². The monoisotopic (exact) mass is 280 g/mol. The Labute approximate surface area is 115 Å². The number of rotatable bonds is 2. The fourth-order valence-corrected chi connectivity index (χ4v) is 2.61. The molecule has 0 radical (unpaired) electrons. The summed E-state index contributed by atoms with van der Waals surface area (Å²) in [5, 5.41) is 5.19. The van der Waals surface area contributed by atoms with Crippen molar-refractivity contribution in [2.45, 2.75) is 13.8 Å². The third-order valence-electron chi connectivity index (χ3n) is 2.66. The van der Waals surface area contributed by atoms with Crippen LogP contribution in [0.3, 0.4) is 0 Å². The van der Waals surface area contributed by atoms with Crippen molar-refractivity contribution in [3.8, 4) is 0 Å². The average Bonchev–Trinajstić information content (AvgIpc) is 2.72. The van der Waals surface area contributed by atoms with Crippen LogP contribution in [0.4, 0.5) is 11.4 Å². The van der Waals surface area contributed by atoms with Crippen molar-refractivity contribution in [3.63, 3.8) is 0 Å². The van der Waals surface area contributed by atoms with Crippen molar-refractivity contribution >= 4 is 40.2 Å². The van der Waals surface area contributed by atoms with Gasteiger partial charge in [0.15, 0.2) is 0 Å². The molecule has 0 aliphatic rings. The first-order valence-electron chi connectivity index (χ1n) is 5.40. The van der Waals surface area contributed by atoms with Crippen LogP contribution in [-0.4, -0.2) is 5.91 Å². The van der Waals surface area contributed by atoms with E-state index >= 15 is 0 Å². The predicted molar refractivity (Wildman–Crippen MR) is 77.6 cm³/mol. The van der Waals surface area contributed by atoms with Gasteiger partial charge in [0.25, 0.3) is 5.91 Å². The van der Waals surface area contributed by atoms with Gasteiger partial charge in [-0.3, -0.25) is 4.79 Å². The van der Waals surface area contributed by atoms with Gasteiger partial charge in [0.1, 0.15) is 0 Å². The maximum atomic E-state index is 12.1. The number of hydrogen-bond acceptors (Lipinski definition) is 3. The summed E-state index contributed by atoms with van der Waals surface area (Å²) < 4.78 is 0. The largest absolute Gasteiger partial charge is 0.398 e. The zero-order valence-electron chi connectivity index (χ0n) is 10.1. The topological polar surface area (TPSA) is 55.1 Å². The van der Waals surface area contributed by atoms with E-state index in [0.29, 0.717) is 21.3 Å². The molecule has 0 bridgehead atoms. The van der Waals surface area contributed by atoms with E-state index in [0.717, 1.165) is 11.1 Å². The molecule has 0 unspecified atom stereocenters. The molecule has 0 spiro atoms. The lowest BCUT2D eigenvalue weighted by molar-refractivity contribution is 0.103. The number of anilines is 2. The Hall–Kier alpha value is -1.52. The summed E-state index contributed by atoms with van der Waals surface area (Å²) in [5.41, 5.74) is 8.75. The van der Waals surface area contributed by atoms with Crippen LogP contribution in [0.2, 0.25) is 5.02 Å². The normalized spacial score (nSPS) is 10.4. The van der Waals surface area contributed by atoms with Crippen LogP contribution in [0.1, 0.15) is 20.8 Å². The van der Waals surface area contributed by atoms with Gasteiger partial charge < -0.3 is 11.1 Å². The highest BCUT2D eigenvalue weighted by Gasteiger charge is 2.12. The molecule has 3 nitrogen and oxygen atoms in total. The SMILES string of the molecule is Cc1cc(N)c(Cl)cc1NC(=O)c1sccc1C. The lowest BCUT2D eigenvalue weighted by atomic mass is 10.1. The van der Waals surface area contributed by atoms with E-state index in [2.05, 4.69) is 5.32 Å². The van der Waals surface area contributed by atoms with Gasteiger partial charge in [-0.15, -0.1) is 11.3 Å². The number of nitrogen functional groups attached to an aromatic ring is 1. The molecule has 0 saturated heterocycles. The van der Waals surface area contributed by atoms with E-state index in [-0.39, 0.29) is 5.91 Å². The quantitative estimate of drug-likeness (QED) is 0.821. The molecule has 2 aromatic rings. The Kier molecular flexibility index (Phi) is 3.59. The van der Waals surface area contributed by atoms with Crippen molar-refractivity contribution in [3.05, 3.63) is 44.6 Å². The van der Waals surface area contributed by atoms with Crippen molar-refractivity contribution < 1.29 is 4.79 Å². The lowest BCUT2D eigenvalue weighted by Crippen LogP contribution is -2.12. The summed E-state index contributed by atoms with van der Waals surface area (Å²) in [4.78, 5) is 12.8. The van der Waals surface area contributed by atoms with Gasteiger partial charge in [0.05, 0.1) is 15.6 Å². The van der Waals surface area contributed by atoms with E-state index in [1.54, 1.807) is 12.1 Å². The Bertz CT molecular complexity index is 607. The highest BCUT2D eigenvalue weighted by Crippen LogP contribution is 2.27. The summed E-state index contributed by atoms with van der Waals surface area (Å²) in [6.07, 6.45) is 0. The van der Waals surface area contributed by atoms with Crippen molar-refractivity contribution in [1.29, 1.82) is 0 Å². The van der Waals surface area contributed by atoms with Crippen molar-refractivity contribution in [1.82, 2.24) is 0 Å². The minimum absolute atomic E-state index is 0.119. The zero-order chi connectivity index (χ0) is 13.3. The average molecular weight is 281 g/mol. The third-order valence-corrected chi connectivity index (χ3v) is 4.00. The van der Waals surface area contributed by atoms with Gasteiger partial charge in [-0.2, -0.15) is 0 Å². The van der Waals surface area contributed by atoms with Gasteiger partial charge in [0.2, 0.25) is 0 Å².